The van der Waals surface area contributed by atoms with Crippen molar-refractivity contribution in [2.45, 2.75) is 46.1 Å². The van der Waals surface area contributed by atoms with Crippen LogP contribution in [-0.4, -0.2) is 47.3 Å². The van der Waals surface area contributed by atoms with Gasteiger partial charge in [-0.2, -0.15) is 4.37 Å². The number of nitrogens with zero attached hydrogens (tertiary/aromatic N) is 3. The van der Waals surface area contributed by atoms with Crippen molar-refractivity contribution >= 4 is 28.4 Å². The zero-order valence-corrected chi connectivity index (χ0v) is 18.4. The predicted octanol–water partition coefficient (Wildman–Crippen LogP) is 3.49. The van der Waals surface area contributed by atoms with Gasteiger partial charge in [-0.15, -0.1) is 0 Å². The Bertz CT molecular complexity index is 1010. The van der Waals surface area contributed by atoms with Gasteiger partial charge in [-0.1, -0.05) is 6.07 Å². The van der Waals surface area contributed by atoms with E-state index in [9.17, 15) is 9.59 Å². The molecule has 7 heteroatoms. The molecule has 3 aliphatic heterocycles. The molecule has 0 N–H and O–H groups in total. The fourth-order valence-corrected chi connectivity index (χ4v) is 5.96. The Hall–Kier alpha value is -2.25. The van der Waals surface area contributed by atoms with Crippen molar-refractivity contribution in [2.24, 2.45) is 5.41 Å². The lowest BCUT2D eigenvalue weighted by Gasteiger charge is -2.38. The van der Waals surface area contributed by atoms with Gasteiger partial charge in [0.05, 0.1) is 11.0 Å². The number of benzene rings is 1. The lowest BCUT2D eigenvalue weighted by Crippen LogP contribution is -2.45. The van der Waals surface area contributed by atoms with Crippen LogP contribution in [0.15, 0.2) is 18.3 Å². The zero-order chi connectivity index (χ0) is 20.9. The molecule has 1 amide bonds. The van der Waals surface area contributed by atoms with Crippen molar-refractivity contribution in [3.05, 3.63) is 46.1 Å². The molecule has 2 fully saturated rings. The van der Waals surface area contributed by atoms with Crippen LogP contribution in [0.25, 0.3) is 0 Å². The summed E-state index contributed by atoms with van der Waals surface area (Å²) in [6, 6.07) is 3.98. The van der Waals surface area contributed by atoms with Crippen molar-refractivity contribution in [1.82, 2.24) is 9.27 Å². The molecule has 0 radical (unpaired) electrons. The minimum atomic E-state index is -0.204. The van der Waals surface area contributed by atoms with E-state index in [4.69, 9.17) is 4.74 Å². The Morgan fingerprint density at radius 3 is 2.63 bits per heavy atom. The second kappa shape index (κ2) is 7.46. The first kappa shape index (κ1) is 19.7. The first-order chi connectivity index (χ1) is 14.5. The first-order valence-corrected chi connectivity index (χ1v) is 11.5. The van der Waals surface area contributed by atoms with Gasteiger partial charge in [0, 0.05) is 30.4 Å². The van der Waals surface area contributed by atoms with E-state index in [1.807, 2.05) is 24.1 Å². The minimum absolute atomic E-state index is 0.186. The minimum Gasteiger partial charge on any atom is -0.457 e. The normalized spacial score (nSPS) is 20.8. The summed E-state index contributed by atoms with van der Waals surface area (Å²) in [5.74, 6) is 0.0958. The molecule has 0 saturated carbocycles. The molecule has 2 aromatic rings. The van der Waals surface area contributed by atoms with Gasteiger partial charge in [-0.05, 0) is 81.3 Å². The molecule has 5 rings (SSSR count). The van der Waals surface area contributed by atoms with E-state index < -0.39 is 0 Å². The van der Waals surface area contributed by atoms with Crippen LogP contribution in [0, 0.1) is 19.3 Å². The van der Waals surface area contributed by atoms with Crippen LogP contribution in [0.2, 0.25) is 0 Å². The van der Waals surface area contributed by atoms with Crippen molar-refractivity contribution in [1.29, 1.82) is 0 Å². The van der Waals surface area contributed by atoms with Crippen LogP contribution < -0.4 is 4.90 Å². The van der Waals surface area contributed by atoms with Gasteiger partial charge in [-0.25, -0.2) is 4.79 Å². The molecule has 1 spiro atoms. The van der Waals surface area contributed by atoms with Crippen molar-refractivity contribution in [2.75, 3.05) is 31.1 Å². The van der Waals surface area contributed by atoms with Gasteiger partial charge in [0.1, 0.15) is 11.6 Å². The molecular weight excluding hydrogens is 398 g/mol. The molecule has 0 bridgehead atoms. The number of hydrogen-bond donors (Lipinski definition) is 0. The topological polar surface area (TPSA) is 62.7 Å². The fraction of sp³-hybridized carbons (Fsp3) is 0.522. The number of rotatable bonds is 4. The molecule has 30 heavy (non-hydrogen) atoms. The van der Waals surface area contributed by atoms with E-state index in [1.165, 1.54) is 22.7 Å². The van der Waals surface area contributed by atoms with Crippen LogP contribution >= 0.6 is 11.5 Å². The SMILES string of the molecule is Cc1cnsc1N1CCC2(CCN(CCc3ccc4c(c3C)COC4=O)CC2)C1=O. The standard InChI is InChI=1S/C23H27N3O3S/c1-15-13-24-30-20(15)26-12-8-23(22(26)28)6-10-25(11-7-23)9-5-17-3-4-18-19(16(17)2)14-29-21(18)27/h3-4,13H,5-12,14H2,1-2H3. The van der Waals surface area contributed by atoms with Gasteiger partial charge in [0.15, 0.2) is 0 Å². The monoisotopic (exact) mass is 425 g/mol. The summed E-state index contributed by atoms with van der Waals surface area (Å²) >= 11 is 1.43. The van der Waals surface area contributed by atoms with E-state index in [0.717, 1.165) is 73.6 Å². The highest BCUT2D eigenvalue weighted by atomic mass is 32.1. The Morgan fingerprint density at radius 1 is 1.13 bits per heavy atom. The van der Waals surface area contributed by atoms with Crippen LogP contribution in [-0.2, 0) is 22.6 Å². The number of esters is 1. The van der Waals surface area contributed by atoms with E-state index in [2.05, 4.69) is 22.3 Å². The van der Waals surface area contributed by atoms with Crippen LogP contribution in [0.5, 0.6) is 0 Å². The number of piperidine rings is 1. The number of likely N-dealkylation sites (tertiary alicyclic amines) is 1. The summed E-state index contributed by atoms with van der Waals surface area (Å²) in [7, 11) is 0. The molecule has 3 aliphatic rings. The van der Waals surface area contributed by atoms with Crippen LogP contribution in [0.3, 0.4) is 0 Å². The number of amides is 1. The van der Waals surface area contributed by atoms with E-state index in [0.29, 0.717) is 12.5 Å². The highest BCUT2D eigenvalue weighted by Crippen LogP contribution is 2.44. The molecule has 4 heterocycles. The van der Waals surface area contributed by atoms with Gasteiger partial charge in [0.25, 0.3) is 0 Å². The number of ether oxygens (including phenoxy) is 1. The number of cyclic esters (lactones) is 1. The third kappa shape index (κ3) is 3.15. The molecule has 1 aromatic carbocycles. The predicted molar refractivity (Wildman–Crippen MR) is 116 cm³/mol. The molecule has 0 atom stereocenters. The second-order valence-corrected chi connectivity index (χ2v) is 9.62. The van der Waals surface area contributed by atoms with Crippen molar-refractivity contribution < 1.29 is 14.3 Å². The fourth-order valence-electron chi connectivity index (χ4n) is 5.18. The molecule has 2 saturated heterocycles. The molecular formula is C23H27N3O3S. The number of fused-ring (bicyclic) bond motifs is 1. The summed E-state index contributed by atoms with van der Waals surface area (Å²) in [6.07, 6.45) is 5.64. The number of aromatic nitrogens is 1. The molecule has 158 valence electrons. The maximum absolute atomic E-state index is 13.2. The van der Waals surface area contributed by atoms with E-state index in [-0.39, 0.29) is 11.4 Å². The zero-order valence-electron chi connectivity index (χ0n) is 17.6. The van der Waals surface area contributed by atoms with Gasteiger partial charge >= 0.3 is 5.97 Å². The number of anilines is 1. The lowest BCUT2D eigenvalue weighted by molar-refractivity contribution is -0.128. The maximum atomic E-state index is 13.2. The number of aryl methyl sites for hydroxylation is 1. The van der Waals surface area contributed by atoms with Crippen molar-refractivity contribution in [3.8, 4) is 0 Å². The Balaban J connectivity index is 1.20. The summed E-state index contributed by atoms with van der Waals surface area (Å²) in [5, 5.41) is 1.02. The second-order valence-electron chi connectivity index (χ2n) is 8.84. The third-order valence-corrected chi connectivity index (χ3v) is 8.20. The molecule has 0 unspecified atom stereocenters. The van der Waals surface area contributed by atoms with Crippen LogP contribution in [0.1, 0.15) is 51.9 Å². The molecule has 0 aliphatic carbocycles. The van der Waals surface area contributed by atoms with E-state index >= 15 is 0 Å². The number of carbonyl (C=O) groups is 2. The van der Waals surface area contributed by atoms with Crippen molar-refractivity contribution in [3.63, 3.8) is 0 Å². The number of hydrogen-bond acceptors (Lipinski definition) is 6. The largest absolute Gasteiger partial charge is 0.457 e. The number of carbonyl (C=O) groups excluding carboxylic acids is 2. The third-order valence-electron chi connectivity index (χ3n) is 7.27. The van der Waals surface area contributed by atoms with Gasteiger partial charge in [0.2, 0.25) is 5.91 Å². The maximum Gasteiger partial charge on any atom is 0.338 e. The lowest BCUT2D eigenvalue weighted by atomic mass is 9.77. The smallest absolute Gasteiger partial charge is 0.338 e. The quantitative estimate of drug-likeness (QED) is 0.702. The van der Waals surface area contributed by atoms with Gasteiger partial charge in [-0.3, -0.25) is 4.79 Å². The average Bonchev–Trinajstić information content (AvgIpc) is 3.42. The molecule has 6 nitrogen and oxygen atoms in total. The Labute approximate surface area is 181 Å². The van der Waals surface area contributed by atoms with Gasteiger partial charge < -0.3 is 14.5 Å². The van der Waals surface area contributed by atoms with Crippen LogP contribution in [0.4, 0.5) is 5.00 Å². The highest BCUT2D eigenvalue weighted by molar-refractivity contribution is 7.10. The summed E-state index contributed by atoms with van der Waals surface area (Å²) in [6.45, 7) is 8.25. The Morgan fingerprint density at radius 2 is 1.90 bits per heavy atom. The summed E-state index contributed by atoms with van der Waals surface area (Å²) in [4.78, 5) is 29.4. The summed E-state index contributed by atoms with van der Waals surface area (Å²) < 4.78 is 9.42. The highest BCUT2D eigenvalue weighted by Gasteiger charge is 2.49. The average molecular weight is 426 g/mol. The first-order valence-electron chi connectivity index (χ1n) is 10.7. The molecule has 1 aromatic heterocycles. The van der Waals surface area contributed by atoms with E-state index in [1.54, 1.807) is 0 Å². The summed E-state index contributed by atoms with van der Waals surface area (Å²) in [5.41, 5.74) is 5.15. The Kier molecular flexibility index (Phi) is 4.90.